The highest BCUT2D eigenvalue weighted by Crippen LogP contribution is 2.35. The summed E-state index contributed by atoms with van der Waals surface area (Å²) in [6.45, 7) is 1.08. The minimum absolute atomic E-state index is 0.00480. The van der Waals surface area contributed by atoms with E-state index in [2.05, 4.69) is 0 Å². The lowest BCUT2D eigenvalue weighted by molar-refractivity contribution is -0.384. The number of benzene rings is 1. The summed E-state index contributed by atoms with van der Waals surface area (Å²) in [4.78, 5) is 12.3. The summed E-state index contributed by atoms with van der Waals surface area (Å²) in [6.07, 6.45) is 0. The van der Waals surface area contributed by atoms with E-state index in [9.17, 15) is 14.3 Å². The average Bonchev–Trinajstić information content (AvgIpc) is 2.30. The van der Waals surface area contributed by atoms with Crippen LogP contribution in [0.15, 0.2) is 18.2 Å². The molecular weight excluding hydrogens is 264 g/mol. The molecule has 17 heavy (non-hydrogen) atoms. The van der Waals surface area contributed by atoms with Gasteiger partial charge in [-0.05, 0) is 6.07 Å². The Bertz CT molecular complexity index is 471. The summed E-state index contributed by atoms with van der Waals surface area (Å²) >= 11 is 6.02. The quantitative estimate of drug-likeness (QED) is 0.609. The molecule has 0 aliphatic carbocycles. The SMILES string of the molecule is O=[N+]([O-])c1cccc(Cl)c1N1CCS(=O)CC1. The molecule has 0 radical (unpaired) electrons. The molecule has 1 heterocycles. The van der Waals surface area contributed by atoms with E-state index < -0.39 is 15.7 Å². The van der Waals surface area contributed by atoms with Crippen molar-refractivity contribution < 1.29 is 9.13 Å². The van der Waals surface area contributed by atoms with Crippen molar-refractivity contribution >= 4 is 33.8 Å². The fourth-order valence-corrected chi connectivity index (χ4v) is 3.17. The Kier molecular flexibility index (Phi) is 3.63. The van der Waals surface area contributed by atoms with Crippen molar-refractivity contribution in [3.8, 4) is 0 Å². The number of hydrogen-bond acceptors (Lipinski definition) is 4. The monoisotopic (exact) mass is 274 g/mol. The van der Waals surface area contributed by atoms with Gasteiger partial charge in [-0.3, -0.25) is 14.3 Å². The standard InChI is InChI=1S/C10H11ClN2O3S/c11-8-2-1-3-9(13(14)15)10(8)12-4-6-17(16)7-5-12/h1-3H,4-7H2. The first-order chi connectivity index (χ1) is 8.09. The van der Waals surface area contributed by atoms with E-state index in [0.717, 1.165) is 0 Å². The first-order valence-electron chi connectivity index (χ1n) is 5.12. The highest BCUT2D eigenvalue weighted by atomic mass is 35.5. The van der Waals surface area contributed by atoms with Crippen LogP contribution in [0.2, 0.25) is 5.02 Å². The molecule has 0 atom stereocenters. The van der Waals surface area contributed by atoms with Crippen LogP contribution in [0.1, 0.15) is 0 Å². The Hall–Kier alpha value is -1.14. The molecule has 0 bridgehead atoms. The van der Waals surface area contributed by atoms with Crippen LogP contribution in [0.25, 0.3) is 0 Å². The van der Waals surface area contributed by atoms with E-state index in [1.165, 1.54) is 6.07 Å². The Morgan fingerprint density at radius 2 is 2.00 bits per heavy atom. The number of nitro groups is 1. The third-order valence-corrected chi connectivity index (χ3v) is 4.24. The number of nitrogens with zero attached hydrogens (tertiary/aromatic N) is 2. The molecule has 92 valence electrons. The smallest absolute Gasteiger partial charge is 0.294 e. The Balaban J connectivity index is 2.36. The summed E-state index contributed by atoms with van der Waals surface area (Å²) < 4.78 is 11.3. The fourth-order valence-electron chi connectivity index (χ4n) is 1.83. The van der Waals surface area contributed by atoms with Crippen molar-refractivity contribution in [1.29, 1.82) is 0 Å². The number of halogens is 1. The van der Waals surface area contributed by atoms with Crippen LogP contribution in [0.3, 0.4) is 0 Å². The van der Waals surface area contributed by atoms with Crippen molar-refractivity contribution in [2.45, 2.75) is 0 Å². The third kappa shape index (κ3) is 2.58. The maximum absolute atomic E-state index is 11.3. The molecule has 1 aromatic carbocycles. The van der Waals surface area contributed by atoms with Crippen LogP contribution in [-0.2, 0) is 10.8 Å². The van der Waals surface area contributed by atoms with Gasteiger partial charge in [0, 0.05) is 41.5 Å². The first kappa shape index (κ1) is 12.3. The number of para-hydroxylation sites is 1. The van der Waals surface area contributed by atoms with Crippen LogP contribution in [-0.4, -0.2) is 33.7 Å². The molecule has 1 aliphatic rings. The second-order valence-corrected chi connectivity index (χ2v) is 5.80. The number of rotatable bonds is 2. The van der Waals surface area contributed by atoms with Gasteiger partial charge in [0.25, 0.3) is 5.69 Å². The zero-order valence-corrected chi connectivity index (χ0v) is 10.5. The zero-order valence-electron chi connectivity index (χ0n) is 8.97. The molecule has 1 saturated heterocycles. The lowest BCUT2D eigenvalue weighted by Crippen LogP contribution is -2.38. The minimum atomic E-state index is -0.813. The Labute approximate surface area is 106 Å². The van der Waals surface area contributed by atoms with Crippen LogP contribution in [0.4, 0.5) is 11.4 Å². The number of nitro benzene ring substituents is 1. The molecule has 0 aromatic heterocycles. The van der Waals surface area contributed by atoms with E-state index in [-0.39, 0.29) is 5.69 Å². The molecule has 0 saturated carbocycles. The van der Waals surface area contributed by atoms with Crippen molar-refractivity contribution in [3.63, 3.8) is 0 Å². The van der Waals surface area contributed by atoms with Gasteiger partial charge in [-0.2, -0.15) is 0 Å². The predicted molar refractivity (Wildman–Crippen MR) is 68.2 cm³/mol. The summed E-state index contributed by atoms with van der Waals surface area (Å²) in [6, 6.07) is 4.63. The molecule has 2 rings (SSSR count). The van der Waals surface area contributed by atoms with Crippen LogP contribution >= 0.6 is 11.6 Å². The molecule has 5 nitrogen and oxygen atoms in total. The highest BCUT2D eigenvalue weighted by Gasteiger charge is 2.25. The largest absolute Gasteiger partial charge is 0.363 e. The van der Waals surface area contributed by atoms with Gasteiger partial charge in [-0.1, -0.05) is 17.7 Å². The third-order valence-electron chi connectivity index (χ3n) is 2.66. The molecule has 0 N–H and O–H groups in total. The van der Waals surface area contributed by atoms with E-state index >= 15 is 0 Å². The summed E-state index contributed by atoms with van der Waals surface area (Å²) in [5.74, 6) is 1.06. The minimum Gasteiger partial charge on any atom is -0.363 e. The van der Waals surface area contributed by atoms with Crippen molar-refractivity contribution in [2.75, 3.05) is 29.5 Å². The number of anilines is 1. The van der Waals surface area contributed by atoms with Crippen LogP contribution in [0, 0.1) is 10.1 Å². The lowest BCUT2D eigenvalue weighted by atomic mass is 10.2. The molecule has 0 amide bonds. The Morgan fingerprint density at radius 1 is 1.35 bits per heavy atom. The van der Waals surface area contributed by atoms with E-state index in [1.807, 2.05) is 4.90 Å². The van der Waals surface area contributed by atoms with Gasteiger partial charge >= 0.3 is 0 Å². The highest BCUT2D eigenvalue weighted by molar-refractivity contribution is 7.85. The molecule has 1 aromatic rings. The average molecular weight is 275 g/mol. The van der Waals surface area contributed by atoms with Crippen molar-refractivity contribution in [3.05, 3.63) is 33.3 Å². The first-order valence-corrected chi connectivity index (χ1v) is 6.99. The van der Waals surface area contributed by atoms with Gasteiger partial charge in [0.2, 0.25) is 0 Å². The molecular formula is C10H11ClN2O3S. The van der Waals surface area contributed by atoms with Gasteiger partial charge in [-0.15, -0.1) is 0 Å². The maximum atomic E-state index is 11.3. The molecule has 1 aliphatic heterocycles. The topological polar surface area (TPSA) is 63.5 Å². The fraction of sp³-hybridized carbons (Fsp3) is 0.400. The van der Waals surface area contributed by atoms with Crippen LogP contribution < -0.4 is 4.90 Å². The second-order valence-electron chi connectivity index (χ2n) is 3.70. The lowest BCUT2D eigenvalue weighted by Gasteiger charge is -2.28. The van der Waals surface area contributed by atoms with Crippen molar-refractivity contribution in [2.24, 2.45) is 0 Å². The maximum Gasteiger partial charge on any atom is 0.294 e. The summed E-state index contributed by atoms with van der Waals surface area (Å²) in [7, 11) is -0.813. The predicted octanol–water partition coefficient (Wildman–Crippen LogP) is 1.82. The zero-order chi connectivity index (χ0) is 12.4. The normalized spacial score (nSPS) is 17.1. The second kappa shape index (κ2) is 5.01. The van der Waals surface area contributed by atoms with Gasteiger partial charge < -0.3 is 4.90 Å². The molecule has 0 unspecified atom stereocenters. The van der Waals surface area contributed by atoms with Crippen molar-refractivity contribution in [1.82, 2.24) is 0 Å². The summed E-state index contributed by atoms with van der Waals surface area (Å²) in [5, 5.41) is 11.3. The van der Waals surface area contributed by atoms with Gasteiger partial charge in [0.1, 0.15) is 5.69 Å². The van der Waals surface area contributed by atoms with E-state index in [4.69, 9.17) is 11.6 Å². The number of hydrogen-bond donors (Lipinski definition) is 0. The Morgan fingerprint density at radius 3 is 2.59 bits per heavy atom. The summed E-state index contributed by atoms with van der Waals surface area (Å²) in [5.41, 5.74) is 0.445. The van der Waals surface area contributed by atoms with Gasteiger partial charge in [-0.25, -0.2) is 0 Å². The van der Waals surface area contributed by atoms with Crippen LogP contribution in [0.5, 0.6) is 0 Å². The molecule has 7 heteroatoms. The van der Waals surface area contributed by atoms with E-state index in [0.29, 0.717) is 35.3 Å². The molecule has 1 fully saturated rings. The van der Waals surface area contributed by atoms with E-state index in [1.54, 1.807) is 12.1 Å². The van der Waals surface area contributed by atoms with Gasteiger partial charge in [0.15, 0.2) is 0 Å². The van der Waals surface area contributed by atoms with Gasteiger partial charge in [0.05, 0.1) is 9.95 Å². The molecule has 0 spiro atoms.